The molecule has 0 amide bonds. The molecule has 17 heavy (non-hydrogen) atoms. The third kappa shape index (κ3) is 2.93. The van der Waals surface area contributed by atoms with Gasteiger partial charge in [0.15, 0.2) is 0 Å². The van der Waals surface area contributed by atoms with Gasteiger partial charge in [0.05, 0.1) is 16.4 Å². The second-order valence-corrected chi connectivity index (χ2v) is 5.34. The Hall–Kier alpha value is -0.750. The zero-order valence-electron chi connectivity index (χ0n) is 9.58. The van der Waals surface area contributed by atoms with Gasteiger partial charge in [-0.05, 0) is 53.8 Å². The minimum atomic E-state index is 0.427. The molecular weight excluding hydrogens is 351 g/mol. The molecule has 0 radical (unpaired) electrons. The largest absolute Gasteiger partial charge is 0.487 e. The summed E-state index contributed by atoms with van der Waals surface area (Å²) in [4.78, 5) is 0. The van der Waals surface area contributed by atoms with Crippen LogP contribution in [0.5, 0.6) is 5.75 Å². The Morgan fingerprint density at radius 2 is 2.00 bits per heavy atom. The number of aromatic nitrogens is 2. The molecule has 0 unspecified atom stereocenters. The molecular formula is C12H12ClIN2O. The summed E-state index contributed by atoms with van der Waals surface area (Å²) in [5.74, 6) is 0.834. The van der Waals surface area contributed by atoms with E-state index in [1.165, 1.54) is 3.57 Å². The van der Waals surface area contributed by atoms with Gasteiger partial charge in [-0.2, -0.15) is 5.10 Å². The van der Waals surface area contributed by atoms with Gasteiger partial charge >= 0.3 is 0 Å². The van der Waals surface area contributed by atoms with Gasteiger partial charge in [0.25, 0.3) is 0 Å². The third-order valence-electron chi connectivity index (χ3n) is 2.45. The summed E-state index contributed by atoms with van der Waals surface area (Å²) in [5.41, 5.74) is 1.72. The Balaban J connectivity index is 2.09. The maximum atomic E-state index is 6.14. The molecule has 0 atom stereocenters. The van der Waals surface area contributed by atoms with E-state index in [0.717, 1.165) is 17.1 Å². The van der Waals surface area contributed by atoms with E-state index < -0.39 is 0 Å². The number of aryl methyl sites for hydroxylation is 2. The summed E-state index contributed by atoms with van der Waals surface area (Å²) in [7, 11) is 1.87. The number of rotatable bonds is 3. The normalized spacial score (nSPS) is 10.6. The van der Waals surface area contributed by atoms with Crippen LogP contribution in [0.3, 0.4) is 0 Å². The predicted molar refractivity (Wildman–Crippen MR) is 76.4 cm³/mol. The average Bonchev–Trinajstić information content (AvgIpc) is 2.54. The van der Waals surface area contributed by atoms with Crippen molar-refractivity contribution in [1.82, 2.24) is 9.78 Å². The standard InChI is InChI=1S/C12H12ClIN2O/c1-8-12(13)11(16(2)15-8)7-17-10-5-3-9(14)4-6-10/h3-6H,7H2,1-2H3. The molecule has 0 aliphatic heterocycles. The maximum absolute atomic E-state index is 6.14. The van der Waals surface area contributed by atoms with Crippen molar-refractivity contribution in [3.63, 3.8) is 0 Å². The molecule has 0 bridgehead atoms. The van der Waals surface area contributed by atoms with Gasteiger partial charge in [-0.3, -0.25) is 4.68 Å². The number of hydrogen-bond donors (Lipinski definition) is 0. The molecule has 0 saturated carbocycles. The summed E-state index contributed by atoms with van der Waals surface area (Å²) < 4.78 is 8.61. The van der Waals surface area contributed by atoms with Crippen LogP contribution in [0.4, 0.5) is 0 Å². The first kappa shape index (κ1) is 12.7. The van der Waals surface area contributed by atoms with Gasteiger partial charge in [-0.15, -0.1) is 0 Å². The van der Waals surface area contributed by atoms with Gasteiger partial charge in [0.2, 0.25) is 0 Å². The van der Waals surface area contributed by atoms with Crippen LogP contribution in [-0.2, 0) is 13.7 Å². The molecule has 1 aromatic carbocycles. The Bertz CT molecular complexity index is 522. The van der Waals surface area contributed by atoms with E-state index in [0.29, 0.717) is 11.6 Å². The Labute approximate surface area is 119 Å². The molecule has 0 aliphatic carbocycles. The average molecular weight is 363 g/mol. The number of nitrogens with zero attached hydrogens (tertiary/aromatic N) is 2. The van der Waals surface area contributed by atoms with Crippen LogP contribution in [0.2, 0.25) is 5.02 Å². The fourth-order valence-corrected chi connectivity index (χ4v) is 2.09. The van der Waals surface area contributed by atoms with Crippen molar-refractivity contribution in [1.29, 1.82) is 0 Å². The van der Waals surface area contributed by atoms with E-state index in [1.54, 1.807) is 4.68 Å². The van der Waals surface area contributed by atoms with Crippen molar-refractivity contribution in [3.8, 4) is 5.75 Å². The highest BCUT2D eigenvalue weighted by Crippen LogP contribution is 2.21. The molecule has 1 heterocycles. The number of hydrogen-bond acceptors (Lipinski definition) is 2. The van der Waals surface area contributed by atoms with Crippen molar-refractivity contribution in [2.75, 3.05) is 0 Å². The quantitative estimate of drug-likeness (QED) is 0.781. The first-order valence-corrected chi connectivity index (χ1v) is 6.60. The van der Waals surface area contributed by atoms with Crippen LogP contribution in [0.1, 0.15) is 11.4 Å². The maximum Gasteiger partial charge on any atom is 0.131 e. The van der Waals surface area contributed by atoms with Crippen LogP contribution in [0.25, 0.3) is 0 Å². The summed E-state index contributed by atoms with van der Waals surface area (Å²) in [6.07, 6.45) is 0. The molecule has 1 aromatic heterocycles. The fraction of sp³-hybridized carbons (Fsp3) is 0.250. The number of halogens is 2. The predicted octanol–water partition coefficient (Wildman–Crippen LogP) is 3.57. The molecule has 90 valence electrons. The number of benzene rings is 1. The first-order valence-electron chi connectivity index (χ1n) is 5.14. The summed E-state index contributed by atoms with van der Waals surface area (Å²) in [5, 5.41) is 4.92. The second-order valence-electron chi connectivity index (χ2n) is 3.71. The molecule has 0 spiro atoms. The number of ether oxygens (including phenoxy) is 1. The Morgan fingerprint density at radius 1 is 1.35 bits per heavy atom. The van der Waals surface area contributed by atoms with Crippen LogP contribution in [-0.4, -0.2) is 9.78 Å². The van der Waals surface area contributed by atoms with Crippen molar-refractivity contribution >= 4 is 34.2 Å². The third-order valence-corrected chi connectivity index (χ3v) is 3.66. The van der Waals surface area contributed by atoms with Crippen LogP contribution in [0, 0.1) is 10.5 Å². The summed E-state index contributed by atoms with van der Waals surface area (Å²) in [6.45, 7) is 2.31. The van der Waals surface area contributed by atoms with Gasteiger partial charge in [0, 0.05) is 10.6 Å². The highest BCUT2D eigenvalue weighted by molar-refractivity contribution is 14.1. The van der Waals surface area contributed by atoms with E-state index >= 15 is 0 Å². The van der Waals surface area contributed by atoms with Crippen molar-refractivity contribution in [2.45, 2.75) is 13.5 Å². The molecule has 0 fully saturated rings. The van der Waals surface area contributed by atoms with Crippen molar-refractivity contribution < 1.29 is 4.74 Å². The zero-order valence-corrected chi connectivity index (χ0v) is 12.5. The van der Waals surface area contributed by atoms with E-state index in [9.17, 15) is 0 Å². The lowest BCUT2D eigenvalue weighted by molar-refractivity contribution is 0.295. The topological polar surface area (TPSA) is 27.1 Å². The van der Waals surface area contributed by atoms with Gasteiger partial charge in [-0.25, -0.2) is 0 Å². The molecule has 5 heteroatoms. The van der Waals surface area contributed by atoms with Gasteiger partial charge in [0.1, 0.15) is 12.4 Å². The van der Waals surface area contributed by atoms with Crippen LogP contribution < -0.4 is 4.74 Å². The Kier molecular flexibility index (Phi) is 3.93. The molecule has 0 saturated heterocycles. The lowest BCUT2D eigenvalue weighted by atomic mass is 10.3. The minimum absolute atomic E-state index is 0.427. The first-order chi connectivity index (χ1) is 8.08. The lowest BCUT2D eigenvalue weighted by Gasteiger charge is -2.06. The molecule has 2 rings (SSSR count). The molecule has 3 nitrogen and oxygen atoms in total. The van der Waals surface area contributed by atoms with E-state index in [2.05, 4.69) is 27.7 Å². The fourth-order valence-electron chi connectivity index (χ4n) is 1.52. The van der Waals surface area contributed by atoms with Crippen LogP contribution >= 0.6 is 34.2 Å². The van der Waals surface area contributed by atoms with E-state index in [1.807, 2.05) is 38.2 Å². The SMILES string of the molecule is Cc1nn(C)c(COc2ccc(I)cc2)c1Cl. The molecule has 0 aliphatic rings. The van der Waals surface area contributed by atoms with Gasteiger partial charge < -0.3 is 4.74 Å². The van der Waals surface area contributed by atoms with E-state index in [4.69, 9.17) is 16.3 Å². The van der Waals surface area contributed by atoms with Crippen molar-refractivity contribution in [2.24, 2.45) is 7.05 Å². The highest BCUT2D eigenvalue weighted by Gasteiger charge is 2.11. The molecule has 0 N–H and O–H groups in total. The summed E-state index contributed by atoms with van der Waals surface area (Å²) >= 11 is 8.40. The monoisotopic (exact) mass is 362 g/mol. The molecule has 2 aromatic rings. The van der Waals surface area contributed by atoms with Crippen LogP contribution in [0.15, 0.2) is 24.3 Å². The highest BCUT2D eigenvalue weighted by atomic mass is 127. The second kappa shape index (κ2) is 5.27. The lowest BCUT2D eigenvalue weighted by Crippen LogP contribution is -2.03. The van der Waals surface area contributed by atoms with Gasteiger partial charge in [-0.1, -0.05) is 11.6 Å². The minimum Gasteiger partial charge on any atom is -0.487 e. The van der Waals surface area contributed by atoms with E-state index in [-0.39, 0.29) is 0 Å². The van der Waals surface area contributed by atoms with Crippen molar-refractivity contribution in [3.05, 3.63) is 44.2 Å². The smallest absolute Gasteiger partial charge is 0.131 e. The zero-order chi connectivity index (χ0) is 12.4. The Morgan fingerprint density at radius 3 is 2.53 bits per heavy atom. The summed E-state index contributed by atoms with van der Waals surface area (Å²) in [6, 6.07) is 7.90.